The Kier molecular flexibility index (Phi) is 4.64. The van der Waals surface area contributed by atoms with Crippen LogP contribution in [0, 0.1) is 13.8 Å². The molecule has 24 heavy (non-hydrogen) atoms. The molecular weight excluding hydrogens is 304 g/mol. The van der Waals surface area contributed by atoms with E-state index in [2.05, 4.69) is 10.4 Å². The summed E-state index contributed by atoms with van der Waals surface area (Å²) in [6.45, 7) is 5.25. The van der Waals surface area contributed by atoms with E-state index in [0.29, 0.717) is 25.9 Å². The molecule has 0 saturated carbocycles. The molecule has 1 aliphatic heterocycles. The van der Waals surface area contributed by atoms with Gasteiger partial charge in [-0.05, 0) is 38.0 Å². The van der Waals surface area contributed by atoms with Gasteiger partial charge in [-0.3, -0.25) is 14.3 Å². The summed E-state index contributed by atoms with van der Waals surface area (Å²) in [5.74, 6) is -0.143. The molecule has 2 amide bonds. The fraction of sp³-hybridized carbons (Fsp3) is 0.389. The van der Waals surface area contributed by atoms with Crippen molar-refractivity contribution in [2.75, 3.05) is 11.9 Å². The largest absolute Gasteiger partial charge is 0.329 e. The Bertz CT molecular complexity index is 766. The molecule has 0 radical (unpaired) electrons. The lowest BCUT2D eigenvalue weighted by molar-refractivity contribution is -0.135. The predicted molar refractivity (Wildman–Crippen MR) is 91.4 cm³/mol. The highest BCUT2D eigenvalue weighted by molar-refractivity contribution is 5.96. The summed E-state index contributed by atoms with van der Waals surface area (Å²) in [5, 5.41) is 7.26. The lowest BCUT2D eigenvalue weighted by Crippen LogP contribution is -2.35. The Hall–Kier alpha value is -2.63. The summed E-state index contributed by atoms with van der Waals surface area (Å²) >= 11 is 0. The SMILES string of the molecule is Cc1cc(C)n(CCCC(=O)N2CC(=O)Nc3ccccc3C2)n1. The van der Waals surface area contributed by atoms with E-state index >= 15 is 0 Å². The van der Waals surface area contributed by atoms with Crippen molar-refractivity contribution in [2.24, 2.45) is 0 Å². The van der Waals surface area contributed by atoms with E-state index in [1.807, 2.05) is 48.9 Å². The van der Waals surface area contributed by atoms with Crippen molar-refractivity contribution in [2.45, 2.75) is 39.8 Å². The quantitative estimate of drug-likeness (QED) is 0.937. The number of amides is 2. The molecule has 0 aliphatic carbocycles. The third kappa shape index (κ3) is 3.64. The Labute approximate surface area is 141 Å². The average molecular weight is 326 g/mol. The molecule has 1 aromatic heterocycles. The first kappa shape index (κ1) is 16.2. The topological polar surface area (TPSA) is 67.2 Å². The number of nitrogens with one attached hydrogen (secondary N) is 1. The number of hydrogen-bond donors (Lipinski definition) is 1. The third-order valence-electron chi connectivity index (χ3n) is 4.20. The molecule has 2 aromatic rings. The number of para-hydroxylation sites is 1. The van der Waals surface area contributed by atoms with Crippen LogP contribution in [0.15, 0.2) is 30.3 Å². The van der Waals surface area contributed by atoms with Crippen LogP contribution in [0.4, 0.5) is 5.69 Å². The second-order valence-corrected chi connectivity index (χ2v) is 6.21. The lowest BCUT2D eigenvalue weighted by atomic mass is 10.1. The highest BCUT2D eigenvalue weighted by atomic mass is 16.2. The van der Waals surface area contributed by atoms with Crippen LogP contribution >= 0.6 is 0 Å². The molecule has 0 atom stereocenters. The number of nitrogens with zero attached hydrogens (tertiary/aromatic N) is 3. The number of aryl methyl sites for hydroxylation is 3. The van der Waals surface area contributed by atoms with Gasteiger partial charge in [-0.2, -0.15) is 5.10 Å². The van der Waals surface area contributed by atoms with Crippen LogP contribution in [-0.2, 0) is 22.7 Å². The zero-order valence-corrected chi connectivity index (χ0v) is 14.1. The second kappa shape index (κ2) is 6.86. The van der Waals surface area contributed by atoms with Gasteiger partial charge in [0, 0.05) is 30.9 Å². The number of carbonyl (C=O) groups excluding carboxylic acids is 2. The Morgan fingerprint density at radius 3 is 2.79 bits per heavy atom. The van der Waals surface area contributed by atoms with Crippen molar-refractivity contribution >= 4 is 17.5 Å². The zero-order valence-electron chi connectivity index (χ0n) is 14.1. The zero-order chi connectivity index (χ0) is 17.1. The minimum atomic E-state index is -0.146. The van der Waals surface area contributed by atoms with Crippen LogP contribution in [-0.4, -0.2) is 33.0 Å². The van der Waals surface area contributed by atoms with Gasteiger partial charge in [0.05, 0.1) is 5.69 Å². The number of benzene rings is 1. The molecule has 0 fully saturated rings. The van der Waals surface area contributed by atoms with Crippen LogP contribution in [0.3, 0.4) is 0 Å². The molecule has 0 saturated heterocycles. The number of aromatic nitrogens is 2. The van der Waals surface area contributed by atoms with Crippen LogP contribution in [0.2, 0.25) is 0 Å². The van der Waals surface area contributed by atoms with Gasteiger partial charge in [0.1, 0.15) is 6.54 Å². The van der Waals surface area contributed by atoms with Crippen molar-refractivity contribution < 1.29 is 9.59 Å². The third-order valence-corrected chi connectivity index (χ3v) is 4.20. The molecule has 2 heterocycles. The van der Waals surface area contributed by atoms with Gasteiger partial charge in [0.25, 0.3) is 0 Å². The number of fused-ring (bicyclic) bond motifs is 1. The second-order valence-electron chi connectivity index (χ2n) is 6.21. The van der Waals surface area contributed by atoms with Crippen LogP contribution < -0.4 is 5.32 Å². The summed E-state index contributed by atoms with van der Waals surface area (Å²) in [7, 11) is 0. The summed E-state index contributed by atoms with van der Waals surface area (Å²) in [5.41, 5.74) is 3.85. The monoisotopic (exact) mass is 326 g/mol. The maximum atomic E-state index is 12.5. The normalized spacial score (nSPS) is 14.1. The first-order valence-electron chi connectivity index (χ1n) is 8.19. The molecule has 0 bridgehead atoms. The van der Waals surface area contributed by atoms with Crippen LogP contribution in [0.25, 0.3) is 0 Å². The minimum absolute atomic E-state index is 0.00313. The van der Waals surface area contributed by atoms with Gasteiger partial charge in [-0.25, -0.2) is 0 Å². The molecule has 6 heteroatoms. The highest BCUT2D eigenvalue weighted by Crippen LogP contribution is 2.20. The summed E-state index contributed by atoms with van der Waals surface area (Å²) in [6, 6.07) is 9.63. The van der Waals surface area contributed by atoms with Crippen molar-refractivity contribution in [1.82, 2.24) is 14.7 Å². The van der Waals surface area contributed by atoms with Gasteiger partial charge in [0.2, 0.25) is 11.8 Å². The summed E-state index contributed by atoms with van der Waals surface area (Å²) in [4.78, 5) is 26.1. The van der Waals surface area contributed by atoms with Gasteiger partial charge < -0.3 is 10.2 Å². The van der Waals surface area contributed by atoms with E-state index in [-0.39, 0.29) is 18.4 Å². The molecule has 0 spiro atoms. The average Bonchev–Trinajstić information content (AvgIpc) is 2.76. The first-order valence-corrected chi connectivity index (χ1v) is 8.19. The van der Waals surface area contributed by atoms with Gasteiger partial charge in [0.15, 0.2) is 0 Å². The molecule has 6 nitrogen and oxygen atoms in total. The number of carbonyl (C=O) groups is 2. The lowest BCUT2D eigenvalue weighted by Gasteiger charge is -2.19. The Balaban J connectivity index is 1.60. The standard InChI is InChI=1S/C18H22N4O2/c1-13-10-14(2)22(20-13)9-5-8-18(24)21-11-15-6-3-4-7-16(15)19-17(23)12-21/h3-4,6-7,10H,5,8-9,11-12H2,1-2H3,(H,19,23). The molecule has 1 N–H and O–H groups in total. The molecule has 126 valence electrons. The van der Waals surface area contributed by atoms with Crippen LogP contribution in [0.5, 0.6) is 0 Å². The fourth-order valence-corrected chi connectivity index (χ4v) is 3.02. The van der Waals surface area contributed by atoms with E-state index in [1.165, 1.54) is 0 Å². The molecule has 1 aliphatic rings. The fourth-order valence-electron chi connectivity index (χ4n) is 3.02. The highest BCUT2D eigenvalue weighted by Gasteiger charge is 2.22. The number of hydrogen-bond acceptors (Lipinski definition) is 3. The van der Waals surface area contributed by atoms with Crippen molar-refractivity contribution in [1.29, 1.82) is 0 Å². The number of anilines is 1. The van der Waals surface area contributed by atoms with Gasteiger partial charge in [-0.15, -0.1) is 0 Å². The maximum Gasteiger partial charge on any atom is 0.244 e. The van der Waals surface area contributed by atoms with E-state index in [1.54, 1.807) is 4.90 Å². The summed E-state index contributed by atoms with van der Waals surface area (Å²) in [6.07, 6.45) is 1.12. The maximum absolute atomic E-state index is 12.5. The molecular formula is C18H22N4O2. The van der Waals surface area contributed by atoms with E-state index < -0.39 is 0 Å². The van der Waals surface area contributed by atoms with Crippen molar-refractivity contribution in [3.8, 4) is 0 Å². The Morgan fingerprint density at radius 2 is 2.04 bits per heavy atom. The summed E-state index contributed by atoms with van der Waals surface area (Å²) < 4.78 is 1.92. The van der Waals surface area contributed by atoms with E-state index in [9.17, 15) is 9.59 Å². The molecule has 0 unspecified atom stereocenters. The predicted octanol–water partition coefficient (Wildman–Crippen LogP) is 2.26. The number of rotatable bonds is 4. The first-order chi connectivity index (χ1) is 11.5. The van der Waals surface area contributed by atoms with Crippen LogP contribution in [0.1, 0.15) is 29.8 Å². The van der Waals surface area contributed by atoms with E-state index in [4.69, 9.17) is 0 Å². The van der Waals surface area contributed by atoms with E-state index in [0.717, 1.165) is 22.6 Å². The van der Waals surface area contributed by atoms with Gasteiger partial charge >= 0.3 is 0 Å². The molecule has 3 rings (SSSR count). The minimum Gasteiger partial charge on any atom is -0.329 e. The van der Waals surface area contributed by atoms with Crippen molar-refractivity contribution in [3.63, 3.8) is 0 Å². The van der Waals surface area contributed by atoms with Crippen molar-refractivity contribution in [3.05, 3.63) is 47.3 Å². The smallest absolute Gasteiger partial charge is 0.244 e. The molecule has 1 aromatic carbocycles. The Morgan fingerprint density at radius 1 is 1.25 bits per heavy atom. The van der Waals surface area contributed by atoms with Gasteiger partial charge in [-0.1, -0.05) is 18.2 Å².